The van der Waals surface area contributed by atoms with E-state index in [1.54, 1.807) is 43.3 Å². The Balaban J connectivity index is 1.68. The van der Waals surface area contributed by atoms with Crippen LogP contribution in [0.4, 0.5) is 5.69 Å². The van der Waals surface area contributed by atoms with Crippen molar-refractivity contribution in [3.05, 3.63) is 83.9 Å². The van der Waals surface area contributed by atoms with Crippen molar-refractivity contribution in [3.63, 3.8) is 0 Å². The van der Waals surface area contributed by atoms with E-state index < -0.39 is 6.10 Å². The van der Waals surface area contributed by atoms with Crippen molar-refractivity contribution in [3.8, 4) is 17.2 Å². The van der Waals surface area contributed by atoms with Crippen LogP contribution in [0, 0.1) is 0 Å². The van der Waals surface area contributed by atoms with Crippen molar-refractivity contribution < 1.29 is 14.3 Å². The topological polar surface area (TPSA) is 47.6 Å². The Labute approximate surface area is 157 Å². The molecule has 0 aliphatic rings. The molecule has 132 valence electrons. The smallest absolute Gasteiger partial charge is 0.265 e. The summed E-state index contributed by atoms with van der Waals surface area (Å²) in [6.07, 6.45) is -0.680. The van der Waals surface area contributed by atoms with Crippen molar-refractivity contribution in [1.82, 2.24) is 0 Å². The van der Waals surface area contributed by atoms with Crippen LogP contribution >= 0.6 is 11.6 Å². The molecule has 0 aliphatic heterocycles. The van der Waals surface area contributed by atoms with Crippen LogP contribution in [0.2, 0.25) is 5.02 Å². The summed E-state index contributed by atoms with van der Waals surface area (Å²) in [5.41, 5.74) is 0.577. The van der Waals surface area contributed by atoms with Gasteiger partial charge in [-0.2, -0.15) is 0 Å². The van der Waals surface area contributed by atoms with Gasteiger partial charge < -0.3 is 14.8 Å². The molecule has 5 heteroatoms. The second-order valence-corrected chi connectivity index (χ2v) is 6.05. The molecular formula is C21H18ClNO3. The number of carbonyl (C=O) groups is 1. The Bertz CT molecular complexity index is 866. The number of anilines is 1. The molecular weight excluding hydrogens is 350 g/mol. The van der Waals surface area contributed by atoms with Gasteiger partial charge in [0.15, 0.2) is 11.9 Å². The first-order chi connectivity index (χ1) is 12.6. The van der Waals surface area contributed by atoms with Crippen LogP contribution in [0.3, 0.4) is 0 Å². The molecule has 0 heterocycles. The summed E-state index contributed by atoms with van der Waals surface area (Å²) < 4.78 is 11.5. The van der Waals surface area contributed by atoms with Crippen LogP contribution in [0.1, 0.15) is 6.92 Å². The number of amides is 1. The van der Waals surface area contributed by atoms with E-state index in [-0.39, 0.29) is 5.91 Å². The highest BCUT2D eigenvalue weighted by Gasteiger charge is 2.17. The highest BCUT2D eigenvalue weighted by atomic mass is 35.5. The average molecular weight is 368 g/mol. The predicted molar refractivity (Wildman–Crippen MR) is 103 cm³/mol. The predicted octanol–water partition coefficient (Wildman–Crippen LogP) is 5.54. The number of carbonyl (C=O) groups excluding carboxylic acids is 1. The van der Waals surface area contributed by atoms with Crippen LogP contribution in [-0.4, -0.2) is 12.0 Å². The van der Waals surface area contributed by atoms with Crippen molar-refractivity contribution in [1.29, 1.82) is 0 Å². The molecule has 1 amide bonds. The van der Waals surface area contributed by atoms with Gasteiger partial charge in [-0.15, -0.1) is 0 Å². The van der Waals surface area contributed by atoms with E-state index in [0.29, 0.717) is 28.0 Å². The molecule has 26 heavy (non-hydrogen) atoms. The first-order valence-corrected chi connectivity index (χ1v) is 8.54. The lowest BCUT2D eigenvalue weighted by Gasteiger charge is -2.16. The van der Waals surface area contributed by atoms with Crippen molar-refractivity contribution >= 4 is 23.2 Å². The van der Waals surface area contributed by atoms with Crippen LogP contribution < -0.4 is 14.8 Å². The maximum atomic E-state index is 12.5. The van der Waals surface area contributed by atoms with Gasteiger partial charge in [-0.1, -0.05) is 41.9 Å². The molecule has 0 saturated heterocycles. The number of para-hydroxylation sites is 3. The van der Waals surface area contributed by atoms with Gasteiger partial charge in [0.25, 0.3) is 5.91 Å². The lowest BCUT2D eigenvalue weighted by Crippen LogP contribution is -2.30. The van der Waals surface area contributed by atoms with Gasteiger partial charge in [-0.05, 0) is 55.5 Å². The molecule has 0 bridgehead atoms. The van der Waals surface area contributed by atoms with Crippen LogP contribution in [0.15, 0.2) is 78.9 Å². The molecule has 0 unspecified atom stereocenters. The second kappa shape index (κ2) is 8.41. The number of rotatable bonds is 6. The quantitative estimate of drug-likeness (QED) is 0.622. The zero-order chi connectivity index (χ0) is 18.4. The Hall–Kier alpha value is -2.98. The Morgan fingerprint density at radius 1 is 0.885 bits per heavy atom. The van der Waals surface area contributed by atoms with E-state index in [4.69, 9.17) is 21.1 Å². The normalized spacial score (nSPS) is 11.5. The first-order valence-electron chi connectivity index (χ1n) is 8.17. The maximum Gasteiger partial charge on any atom is 0.265 e. The van der Waals surface area contributed by atoms with E-state index in [9.17, 15) is 4.79 Å². The fourth-order valence-electron chi connectivity index (χ4n) is 2.28. The van der Waals surface area contributed by atoms with E-state index in [0.717, 1.165) is 0 Å². The molecule has 0 radical (unpaired) electrons. The number of hydrogen-bond donors (Lipinski definition) is 1. The monoisotopic (exact) mass is 367 g/mol. The third-order valence-electron chi connectivity index (χ3n) is 3.61. The van der Waals surface area contributed by atoms with Gasteiger partial charge in [0, 0.05) is 5.02 Å². The molecule has 1 N–H and O–H groups in total. The Kier molecular flexibility index (Phi) is 5.77. The third kappa shape index (κ3) is 4.77. The zero-order valence-electron chi connectivity index (χ0n) is 14.2. The van der Waals surface area contributed by atoms with Crippen LogP contribution in [-0.2, 0) is 4.79 Å². The summed E-state index contributed by atoms with van der Waals surface area (Å²) in [7, 11) is 0. The second-order valence-electron chi connectivity index (χ2n) is 5.61. The van der Waals surface area contributed by atoms with Crippen LogP contribution in [0.5, 0.6) is 17.2 Å². The largest absolute Gasteiger partial charge is 0.481 e. The van der Waals surface area contributed by atoms with Crippen LogP contribution in [0.25, 0.3) is 0 Å². The van der Waals surface area contributed by atoms with E-state index in [1.807, 2.05) is 42.5 Å². The molecule has 3 aromatic carbocycles. The van der Waals surface area contributed by atoms with Crippen molar-refractivity contribution in [2.75, 3.05) is 5.32 Å². The minimum Gasteiger partial charge on any atom is -0.481 e. The molecule has 4 nitrogen and oxygen atoms in total. The standard InChI is InChI=1S/C21H18ClNO3/c1-15(25-18-13-11-16(22)12-14-18)21(24)23-19-9-5-6-10-20(19)26-17-7-3-2-4-8-17/h2-15H,1H3,(H,23,24)/t15-/m1/s1. The van der Waals surface area contributed by atoms with Gasteiger partial charge in [-0.3, -0.25) is 4.79 Å². The summed E-state index contributed by atoms with van der Waals surface area (Å²) in [6, 6.07) is 23.5. The van der Waals surface area contributed by atoms with Gasteiger partial charge in [0.05, 0.1) is 5.69 Å². The highest BCUT2D eigenvalue weighted by Crippen LogP contribution is 2.29. The molecule has 0 aliphatic carbocycles. The SMILES string of the molecule is C[C@@H](Oc1ccc(Cl)cc1)C(=O)Nc1ccccc1Oc1ccccc1. The van der Waals surface area contributed by atoms with E-state index >= 15 is 0 Å². The lowest BCUT2D eigenvalue weighted by atomic mass is 10.2. The van der Waals surface area contributed by atoms with Gasteiger partial charge >= 0.3 is 0 Å². The number of benzene rings is 3. The first kappa shape index (κ1) is 17.8. The van der Waals surface area contributed by atoms with E-state index in [2.05, 4.69) is 5.32 Å². The number of hydrogen-bond acceptors (Lipinski definition) is 3. The molecule has 3 rings (SSSR count). The third-order valence-corrected chi connectivity index (χ3v) is 3.86. The summed E-state index contributed by atoms with van der Waals surface area (Å²) in [5.74, 6) is 1.56. The van der Waals surface area contributed by atoms with Gasteiger partial charge in [0.1, 0.15) is 11.5 Å². The average Bonchev–Trinajstić information content (AvgIpc) is 2.66. The molecule has 0 spiro atoms. The van der Waals surface area contributed by atoms with Gasteiger partial charge in [-0.25, -0.2) is 0 Å². The summed E-state index contributed by atoms with van der Waals surface area (Å²) in [4.78, 5) is 12.5. The molecule has 0 fully saturated rings. The molecule has 1 atom stereocenters. The number of nitrogens with one attached hydrogen (secondary N) is 1. The Morgan fingerprint density at radius 3 is 2.27 bits per heavy atom. The summed E-state index contributed by atoms with van der Waals surface area (Å²) in [5, 5.41) is 3.46. The molecule has 3 aromatic rings. The van der Waals surface area contributed by atoms with Crippen molar-refractivity contribution in [2.24, 2.45) is 0 Å². The van der Waals surface area contributed by atoms with E-state index in [1.165, 1.54) is 0 Å². The fraction of sp³-hybridized carbons (Fsp3) is 0.0952. The lowest BCUT2D eigenvalue weighted by molar-refractivity contribution is -0.122. The highest BCUT2D eigenvalue weighted by molar-refractivity contribution is 6.30. The number of ether oxygens (including phenoxy) is 2. The Morgan fingerprint density at radius 2 is 1.54 bits per heavy atom. The van der Waals surface area contributed by atoms with Gasteiger partial charge in [0.2, 0.25) is 0 Å². The minimum atomic E-state index is -0.680. The molecule has 0 aromatic heterocycles. The zero-order valence-corrected chi connectivity index (χ0v) is 14.9. The molecule has 0 saturated carbocycles. The van der Waals surface area contributed by atoms with Crippen molar-refractivity contribution in [2.45, 2.75) is 13.0 Å². The summed E-state index contributed by atoms with van der Waals surface area (Å²) >= 11 is 5.85. The maximum absolute atomic E-state index is 12.5. The summed E-state index contributed by atoms with van der Waals surface area (Å²) in [6.45, 7) is 1.69. The number of halogens is 1. The fourth-order valence-corrected chi connectivity index (χ4v) is 2.41. The minimum absolute atomic E-state index is 0.274.